The molecular formula is C11H14BrNO2. The fourth-order valence-corrected chi connectivity index (χ4v) is 2.06. The van der Waals surface area contributed by atoms with Gasteiger partial charge in [-0.2, -0.15) is 0 Å². The van der Waals surface area contributed by atoms with Crippen LogP contribution in [0, 0.1) is 0 Å². The Morgan fingerprint density at radius 2 is 2.20 bits per heavy atom. The maximum atomic E-state index is 9.87. The Bertz CT molecular complexity index is 404. The zero-order valence-electron chi connectivity index (χ0n) is 8.75. The number of hydrogen-bond acceptors (Lipinski definition) is 3. The van der Waals surface area contributed by atoms with Crippen LogP contribution in [0.2, 0.25) is 0 Å². The Labute approximate surface area is 97.4 Å². The molecule has 3 nitrogen and oxygen atoms in total. The van der Waals surface area contributed by atoms with Gasteiger partial charge in [-0.1, -0.05) is 0 Å². The molecule has 1 aliphatic heterocycles. The third-order valence-corrected chi connectivity index (χ3v) is 3.46. The Hall–Kier alpha value is -0.740. The molecule has 2 rings (SSSR count). The molecule has 0 aromatic heterocycles. The minimum absolute atomic E-state index is 0.486. The normalized spacial score (nSPS) is 23.1. The van der Waals surface area contributed by atoms with Crippen LogP contribution in [-0.2, 0) is 6.42 Å². The van der Waals surface area contributed by atoms with Crippen molar-refractivity contribution in [1.29, 1.82) is 0 Å². The molecule has 0 unspecified atom stereocenters. The molecule has 15 heavy (non-hydrogen) atoms. The second-order valence-electron chi connectivity index (χ2n) is 4.41. The maximum absolute atomic E-state index is 9.87. The lowest BCUT2D eigenvalue weighted by Crippen LogP contribution is -2.46. The predicted molar refractivity (Wildman–Crippen MR) is 63.0 cm³/mol. The van der Waals surface area contributed by atoms with Crippen LogP contribution in [0.4, 0.5) is 5.69 Å². The summed E-state index contributed by atoms with van der Waals surface area (Å²) in [5.41, 5.74) is 6.87. The van der Waals surface area contributed by atoms with Crippen molar-refractivity contribution >= 4 is 21.6 Å². The van der Waals surface area contributed by atoms with Gasteiger partial charge >= 0.3 is 0 Å². The van der Waals surface area contributed by atoms with E-state index in [2.05, 4.69) is 15.9 Å². The number of nitrogens with two attached hydrogens (primary N) is 1. The Morgan fingerprint density at radius 3 is 2.87 bits per heavy atom. The topological polar surface area (TPSA) is 55.5 Å². The number of benzene rings is 1. The summed E-state index contributed by atoms with van der Waals surface area (Å²) in [5, 5.41) is 9.87. The molecule has 0 fully saturated rings. The molecule has 1 atom stereocenters. The fourth-order valence-electron chi connectivity index (χ4n) is 1.67. The first-order chi connectivity index (χ1) is 6.90. The molecule has 0 aliphatic carbocycles. The molecule has 4 heteroatoms. The monoisotopic (exact) mass is 271 g/mol. The summed E-state index contributed by atoms with van der Waals surface area (Å²) < 4.78 is 6.56. The van der Waals surface area contributed by atoms with Gasteiger partial charge in [-0.25, -0.2) is 0 Å². The van der Waals surface area contributed by atoms with Gasteiger partial charge in [0.05, 0.1) is 6.10 Å². The lowest BCUT2D eigenvalue weighted by Gasteiger charge is -2.37. The van der Waals surface area contributed by atoms with Crippen molar-refractivity contribution in [2.24, 2.45) is 0 Å². The first-order valence-electron chi connectivity index (χ1n) is 4.85. The van der Waals surface area contributed by atoms with Crippen molar-refractivity contribution in [3.05, 3.63) is 22.2 Å². The summed E-state index contributed by atoms with van der Waals surface area (Å²) in [5.74, 6) is 0.769. The quantitative estimate of drug-likeness (QED) is 0.711. The highest BCUT2D eigenvalue weighted by atomic mass is 79.9. The fraction of sp³-hybridized carbons (Fsp3) is 0.455. The molecular weight excluding hydrogens is 258 g/mol. The van der Waals surface area contributed by atoms with E-state index >= 15 is 0 Å². The third kappa shape index (κ3) is 1.84. The summed E-state index contributed by atoms with van der Waals surface area (Å²) >= 11 is 3.36. The number of ether oxygens (including phenoxy) is 1. The van der Waals surface area contributed by atoms with Crippen molar-refractivity contribution < 1.29 is 9.84 Å². The van der Waals surface area contributed by atoms with E-state index in [9.17, 15) is 5.11 Å². The molecule has 3 N–H and O–H groups in total. The smallest absolute Gasteiger partial charge is 0.129 e. The van der Waals surface area contributed by atoms with Gasteiger partial charge < -0.3 is 15.6 Å². The first-order valence-corrected chi connectivity index (χ1v) is 5.64. The van der Waals surface area contributed by atoms with Gasteiger partial charge in [0.15, 0.2) is 0 Å². The van der Waals surface area contributed by atoms with Crippen molar-refractivity contribution in [1.82, 2.24) is 0 Å². The second kappa shape index (κ2) is 3.39. The van der Waals surface area contributed by atoms with Crippen LogP contribution in [-0.4, -0.2) is 16.8 Å². The van der Waals surface area contributed by atoms with Gasteiger partial charge in [0.1, 0.15) is 11.4 Å². The van der Waals surface area contributed by atoms with E-state index in [1.807, 2.05) is 19.9 Å². The van der Waals surface area contributed by atoms with Crippen LogP contribution in [0.1, 0.15) is 19.4 Å². The summed E-state index contributed by atoms with van der Waals surface area (Å²) in [4.78, 5) is 0. The number of anilines is 1. The van der Waals surface area contributed by atoms with Gasteiger partial charge in [-0.05, 0) is 41.4 Å². The van der Waals surface area contributed by atoms with Gasteiger partial charge in [0, 0.05) is 22.6 Å². The number of fused-ring (bicyclic) bond motifs is 1. The van der Waals surface area contributed by atoms with Crippen LogP contribution < -0.4 is 10.5 Å². The predicted octanol–water partition coefficient (Wildman–Crippen LogP) is 2.11. The van der Waals surface area contributed by atoms with Crippen LogP contribution in [0.25, 0.3) is 0 Å². The summed E-state index contributed by atoms with van der Waals surface area (Å²) in [6, 6.07) is 3.70. The average Bonchev–Trinajstić information content (AvgIpc) is 2.11. The Kier molecular flexibility index (Phi) is 2.43. The molecule has 1 heterocycles. The Balaban J connectivity index is 2.46. The highest BCUT2D eigenvalue weighted by Gasteiger charge is 2.35. The van der Waals surface area contributed by atoms with Crippen molar-refractivity contribution in [3.8, 4) is 5.75 Å². The van der Waals surface area contributed by atoms with Crippen LogP contribution >= 0.6 is 15.9 Å². The first kappa shape index (κ1) is 10.8. The molecule has 1 aliphatic rings. The van der Waals surface area contributed by atoms with Crippen molar-refractivity contribution in [2.45, 2.75) is 32.0 Å². The lowest BCUT2D eigenvalue weighted by molar-refractivity contribution is -0.0411. The highest BCUT2D eigenvalue weighted by molar-refractivity contribution is 9.10. The van der Waals surface area contributed by atoms with Crippen molar-refractivity contribution in [2.75, 3.05) is 5.73 Å². The summed E-state index contributed by atoms with van der Waals surface area (Å²) in [6.07, 6.45) is 0.113. The summed E-state index contributed by atoms with van der Waals surface area (Å²) in [7, 11) is 0. The van der Waals surface area contributed by atoms with Gasteiger partial charge in [-0.3, -0.25) is 0 Å². The third-order valence-electron chi connectivity index (χ3n) is 2.77. The number of aliphatic hydroxyl groups is 1. The average molecular weight is 272 g/mol. The largest absolute Gasteiger partial charge is 0.485 e. The number of hydrogen-bond donors (Lipinski definition) is 2. The van der Waals surface area contributed by atoms with Crippen molar-refractivity contribution in [3.63, 3.8) is 0 Å². The van der Waals surface area contributed by atoms with E-state index in [1.165, 1.54) is 0 Å². The zero-order valence-corrected chi connectivity index (χ0v) is 10.3. The molecule has 1 aromatic carbocycles. The maximum Gasteiger partial charge on any atom is 0.129 e. The van der Waals surface area contributed by atoms with Crippen LogP contribution in [0.15, 0.2) is 16.6 Å². The molecule has 0 spiro atoms. The number of halogens is 1. The second-order valence-corrected chi connectivity index (χ2v) is 5.26. The number of rotatable bonds is 0. The van der Waals surface area contributed by atoms with E-state index in [0.717, 1.165) is 15.8 Å². The van der Waals surface area contributed by atoms with Gasteiger partial charge in [0.2, 0.25) is 0 Å². The summed E-state index contributed by atoms with van der Waals surface area (Å²) in [6.45, 7) is 3.75. The molecule has 0 radical (unpaired) electrons. The van der Waals surface area contributed by atoms with E-state index in [-0.39, 0.29) is 0 Å². The number of aliphatic hydroxyl groups excluding tert-OH is 1. The SMILES string of the molecule is CC1(C)Oc2cc(N)c(Br)cc2C[C@H]1O. The van der Waals surface area contributed by atoms with Crippen LogP contribution in [0.5, 0.6) is 5.75 Å². The minimum atomic E-state index is -0.548. The standard InChI is InChI=1S/C11H14BrNO2/c1-11(2)10(14)4-6-3-7(12)8(13)5-9(6)15-11/h3,5,10,14H,4,13H2,1-2H3/t10-/m1/s1. The molecule has 0 saturated carbocycles. The highest BCUT2D eigenvalue weighted by Crippen LogP contribution is 2.37. The molecule has 1 aromatic rings. The Morgan fingerprint density at radius 1 is 1.53 bits per heavy atom. The van der Waals surface area contributed by atoms with E-state index in [4.69, 9.17) is 10.5 Å². The molecule has 0 saturated heterocycles. The van der Waals surface area contributed by atoms with Crippen LogP contribution in [0.3, 0.4) is 0 Å². The van der Waals surface area contributed by atoms with E-state index in [0.29, 0.717) is 12.1 Å². The van der Waals surface area contributed by atoms with Gasteiger partial charge in [0.25, 0.3) is 0 Å². The van der Waals surface area contributed by atoms with Gasteiger partial charge in [-0.15, -0.1) is 0 Å². The van der Waals surface area contributed by atoms with E-state index in [1.54, 1.807) is 6.07 Å². The molecule has 0 amide bonds. The van der Waals surface area contributed by atoms with E-state index < -0.39 is 11.7 Å². The lowest BCUT2D eigenvalue weighted by atomic mass is 9.91. The molecule has 82 valence electrons. The zero-order chi connectivity index (χ0) is 11.2. The minimum Gasteiger partial charge on any atom is -0.485 e. The number of nitrogen functional groups attached to an aromatic ring is 1. The molecule has 0 bridgehead atoms.